The van der Waals surface area contributed by atoms with Gasteiger partial charge in [0.05, 0.1) is 35.3 Å². The van der Waals surface area contributed by atoms with Crippen LogP contribution in [0.25, 0.3) is 21.8 Å². The normalized spacial score (nSPS) is 17.7. The van der Waals surface area contributed by atoms with Crippen LogP contribution in [0.5, 0.6) is 0 Å². The Balaban J connectivity index is 1.73. The molecule has 4 nitrogen and oxygen atoms in total. The van der Waals surface area contributed by atoms with Gasteiger partial charge in [0.25, 0.3) is 0 Å². The minimum Gasteiger partial charge on any atom is -0.395 e. The number of hydrogen-bond acceptors (Lipinski definition) is 4. The molecule has 0 radical (unpaired) electrons. The van der Waals surface area contributed by atoms with E-state index >= 15 is 0 Å². The monoisotopic (exact) mass is 354 g/mol. The summed E-state index contributed by atoms with van der Waals surface area (Å²) in [7, 11) is 0. The molecular weight excluding hydrogens is 332 g/mol. The van der Waals surface area contributed by atoms with E-state index in [9.17, 15) is 5.11 Å². The van der Waals surface area contributed by atoms with E-state index in [4.69, 9.17) is 4.74 Å². The highest BCUT2D eigenvalue weighted by atomic mass is 32.1. The number of aliphatic hydroxyl groups is 1. The van der Waals surface area contributed by atoms with Crippen molar-refractivity contribution in [2.75, 3.05) is 13.2 Å². The summed E-state index contributed by atoms with van der Waals surface area (Å²) in [5.41, 5.74) is 3.14. The van der Waals surface area contributed by atoms with Crippen molar-refractivity contribution in [1.82, 2.24) is 9.55 Å². The highest BCUT2D eigenvalue weighted by Crippen LogP contribution is 2.39. The molecule has 0 aliphatic carbocycles. The van der Waals surface area contributed by atoms with Crippen LogP contribution >= 0.6 is 11.3 Å². The van der Waals surface area contributed by atoms with Gasteiger partial charge in [-0.15, -0.1) is 11.3 Å². The number of benzene rings is 1. The molecule has 25 heavy (non-hydrogen) atoms. The number of imidazole rings is 1. The topological polar surface area (TPSA) is 47.3 Å². The molecule has 1 saturated heterocycles. The van der Waals surface area contributed by atoms with E-state index in [0.717, 1.165) is 36.4 Å². The molecule has 0 amide bonds. The average Bonchev–Trinajstić information content (AvgIpc) is 3.30. The predicted molar refractivity (Wildman–Crippen MR) is 101 cm³/mol. The first-order chi connectivity index (χ1) is 12.4. The molecule has 2 aromatic heterocycles. The number of hydrogen-bond donors (Lipinski definition) is 1. The Hall–Kier alpha value is -1.95. The maximum Gasteiger partial charge on any atom is 0.0971 e. The second-order valence-electron chi connectivity index (χ2n) is 6.28. The molecule has 1 N–H and O–H groups in total. The molecule has 3 heterocycles. The fraction of sp³-hybridized carbons (Fsp3) is 0.350. The van der Waals surface area contributed by atoms with Crippen molar-refractivity contribution in [3.05, 3.63) is 53.7 Å². The van der Waals surface area contributed by atoms with Crippen molar-refractivity contribution < 1.29 is 9.84 Å². The van der Waals surface area contributed by atoms with E-state index in [1.54, 1.807) is 11.3 Å². The van der Waals surface area contributed by atoms with E-state index in [1.807, 2.05) is 29.1 Å². The van der Waals surface area contributed by atoms with Gasteiger partial charge in [0.1, 0.15) is 0 Å². The number of rotatable bonds is 5. The molecule has 4 rings (SSSR count). The highest BCUT2D eigenvalue weighted by Gasteiger charge is 2.21. The maximum absolute atomic E-state index is 9.41. The Morgan fingerprint density at radius 2 is 2.04 bits per heavy atom. The Kier molecular flexibility index (Phi) is 4.97. The highest BCUT2D eigenvalue weighted by molar-refractivity contribution is 7.15. The van der Waals surface area contributed by atoms with Crippen LogP contribution in [-0.2, 0) is 11.3 Å². The van der Waals surface area contributed by atoms with Crippen molar-refractivity contribution in [3.63, 3.8) is 0 Å². The van der Waals surface area contributed by atoms with Gasteiger partial charge in [-0.25, -0.2) is 4.98 Å². The third kappa shape index (κ3) is 3.40. The average molecular weight is 354 g/mol. The first kappa shape index (κ1) is 16.5. The van der Waals surface area contributed by atoms with E-state index in [-0.39, 0.29) is 12.7 Å². The molecule has 1 unspecified atom stereocenters. The van der Waals surface area contributed by atoms with Crippen LogP contribution in [0.4, 0.5) is 0 Å². The second kappa shape index (κ2) is 7.52. The molecule has 0 bridgehead atoms. The Bertz CT molecular complexity index is 819. The van der Waals surface area contributed by atoms with Crippen molar-refractivity contribution in [1.29, 1.82) is 0 Å². The summed E-state index contributed by atoms with van der Waals surface area (Å²) in [5.74, 6) is 0. The lowest BCUT2D eigenvalue weighted by Crippen LogP contribution is -2.09. The lowest BCUT2D eigenvalue weighted by Gasteiger charge is -2.21. The van der Waals surface area contributed by atoms with Crippen LogP contribution in [0.15, 0.2) is 48.8 Å². The van der Waals surface area contributed by atoms with E-state index < -0.39 is 0 Å². The zero-order chi connectivity index (χ0) is 17.1. The van der Waals surface area contributed by atoms with Crippen LogP contribution < -0.4 is 0 Å². The molecule has 1 aromatic carbocycles. The fourth-order valence-corrected chi connectivity index (χ4v) is 4.50. The zero-order valence-electron chi connectivity index (χ0n) is 14.1. The van der Waals surface area contributed by atoms with Crippen LogP contribution in [-0.4, -0.2) is 27.9 Å². The molecule has 1 aliphatic rings. The van der Waals surface area contributed by atoms with Crippen LogP contribution in [0.1, 0.15) is 30.2 Å². The smallest absolute Gasteiger partial charge is 0.0971 e. The van der Waals surface area contributed by atoms with Gasteiger partial charge in [-0.3, -0.25) is 0 Å². The second-order valence-corrected chi connectivity index (χ2v) is 7.40. The quantitative estimate of drug-likeness (QED) is 0.733. The SMILES string of the molecule is OCCn1cnc(-c2ccccc2)c1-c1ccc(C2CCCCO2)s1. The van der Waals surface area contributed by atoms with Gasteiger partial charge >= 0.3 is 0 Å². The van der Waals surface area contributed by atoms with Gasteiger partial charge in [-0.2, -0.15) is 0 Å². The molecule has 5 heteroatoms. The summed E-state index contributed by atoms with van der Waals surface area (Å²) in [6.07, 6.45) is 5.54. The van der Waals surface area contributed by atoms with Crippen molar-refractivity contribution in [3.8, 4) is 21.8 Å². The number of ether oxygens (including phenoxy) is 1. The molecule has 1 aliphatic heterocycles. The first-order valence-corrected chi connectivity index (χ1v) is 9.61. The number of aromatic nitrogens is 2. The minimum absolute atomic E-state index is 0.0988. The Labute approximate surface area is 151 Å². The number of thiophene rings is 1. The van der Waals surface area contributed by atoms with Gasteiger partial charge in [0, 0.05) is 23.6 Å². The molecule has 0 saturated carbocycles. The van der Waals surface area contributed by atoms with E-state index in [1.165, 1.54) is 16.2 Å². The summed E-state index contributed by atoms with van der Waals surface area (Å²) in [4.78, 5) is 7.09. The largest absolute Gasteiger partial charge is 0.395 e. The Morgan fingerprint density at radius 3 is 2.80 bits per heavy atom. The number of aliphatic hydroxyl groups excluding tert-OH is 1. The molecule has 1 atom stereocenters. The van der Waals surface area contributed by atoms with Crippen LogP contribution in [0.2, 0.25) is 0 Å². The molecule has 3 aromatic rings. The van der Waals surface area contributed by atoms with E-state index in [2.05, 4.69) is 29.2 Å². The van der Waals surface area contributed by atoms with Crippen molar-refractivity contribution >= 4 is 11.3 Å². The van der Waals surface area contributed by atoms with Gasteiger partial charge in [0.2, 0.25) is 0 Å². The lowest BCUT2D eigenvalue weighted by molar-refractivity contribution is 0.0172. The fourth-order valence-electron chi connectivity index (χ4n) is 3.34. The summed E-state index contributed by atoms with van der Waals surface area (Å²) in [6, 6.07) is 14.6. The third-order valence-electron chi connectivity index (χ3n) is 4.58. The number of nitrogens with zero attached hydrogens (tertiary/aromatic N) is 2. The lowest BCUT2D eigenvalue weighted by atomic mass is 10.1. The van der Waals surface area contributed by atoms with Gasteiger partial charge in [-0.05, 0) is 31.4 Å². The first-order valence-electron chi connectivity index (χ1n) is 8.80. The standard InChI is InChI=1S/C20H22N2O2S/c23-12-11-22-14-21-19(15-6-2-1-3-7-15)20(22)18-10-9-17(25-18)16-8-4-5-13-24-16/h1-3,6-7,9-10,14,16,23H,4-5,8,11-13H2. The predicted octanol–water partition coefficient (Wildman–Crippen LogP) is 4.51. The third-order valence-corrected chi connectivity index (χ3v) is 5.77. The molecule has 1 fully saturated rings. The molecule has 0 spiro atoms. The minimum atomic E-state index is 0.0988. The summed E-state index contributed by atoms with van der Waals surface area (Å²) >= 11 is 1.78. The summed E-state index contributed by atoms with van der Waals surface area (Å²) in [6.45, 7) is 1.50. The molecular formula is C20H22N2O2S. The van der Waals surface area contributed by atoms with Gasteiger partial charge in [-0.1, -0.05) is 30.3 Å². The van der Waals surface area contributed by atoms with Crippen molar-refractivity contribution in [2.45, 2.75) is 31.9 Å². The zero-order valence-corrected chi connectivity index (χ0v) is 14.9. The Morgan fingerprint density at radius 1 is 1.16 bits per heavy atom. The molecule has 130 valence electrons. The van der Waals surface area contributed by atoms with Gasteiger partial charge in [0.15, 0.2) is 0 Å². The van der Waals surface area contributed by atoms with E-state index in [0.29, 0.717) is 6.54 Å². The van der Waals surface area contributed by atoms with Crippen LogP contribution in [0.3, 0.4) is 0 Å². The van der Waals surface area contributed by atoms with Crippen LogP contribution in [0, 0.1) is 0 Å². The summed E-state index contributed by atoms with van der Waals surface area (Å²) < 4.78 is 7.98. The van der Waals surface area contributed by atoms with Gasteiger partial charge < -0.3 is 14.4 Å². The summed E-state index contributed by atoms with van der Waals surface area (Å²) in [5, 5.41) is 9.41. The van der Waals surface area contributed by atoms with Crippen molar-refractivity contribution in [2.24, 2.45) is 0 Å². The maximum atomic E-state index is 9.41.